The molecule has 0 spiro atoms. The Morgan fingerprint density at radius 2 is 1.52 bits per heavy atom. The first kappa shape index (κ1) is 21.6. The number of carbonyl (C=O) groups excluding carboxylic acids is 1. The molecular weight excluding hydrogens is 406 g/mol. The van der Waals surface area contributed by atoms with Crippen LogP contribution in [0.15, 0.2) is 0 Å². The molecule has 2 heterocycles. The summed E-state index contributed by atoms with van der Waals surface area (Å²) >= 11 is 6.47. The Labute approximate surface area is 155 Å². The molecule has 0 saturated carbocycles. The third kappa shape index (κ3) is 5.77. The van der Waals surface area contributed by atoms with Crippen LogP contribution in [0, 0.1) is 11.8 Å². The van der Waals surface area contributed by atoms with Gasteiger partial charge in [0.2, 0.25) is 0 Å². The van der Waals surface area contributed by atoms with E-state index in [-0.39, 0.29) is 21.2 Å². The fraction of sp³-hybridized carbons (Fsp3) is 0.938. The quantitative estimate of drug-likeness (QED) is 0.429. The van der Waals surface area contributed by atoms with Gasteiger partial charge in [0.05, 0.1) is 4.16 Å². The SMILES string of the molecule is CC[C@H]1SC(Br)[C@@H](F)[C@@H]1C.CC[C@H]1SC(OC(C)=O)[C@@H](F)[C@@H]1C. The summed E-state index contributed by atoms with van der Waals surface area (Å²) in [6.07, 6.45) is 0.326. The van der Waals surface area contributed by atoms with Crippen molar-refractivity contribution < 1.29 is 18.3 Å². The van der Waals surface area contributed by atoms with E-state index in [0.717, 1.165) is 12.8 Å². The molecule has 2 fully saturated rings. The van der Waals surface area contributed by atoms with Gasteiger partial charge in [-0.25, -0.2) is 8.78 Å². The monoisotopic (exact) mass is 432 g/mol. The zero-order valence-corrected chi connectivity index (χ0v) is 17.5. The van der Waals surface area contributed by atoms with Gasteiger partial charge in [-0.1, -0.05) is 43.6 Å². The minimum Gasteiger partial charge on any atom is -0.448 e. The molecule has 0 aromatic carbocycles. The van der Waals surface area contributed by atoms with Crippen LogP contribution in [-0.2, 0) is 9.53 Å². The molecule has 2 rings (SSSR count). The lowest BCUT2D eigenvalue weighted by molar-refractivity contribution is -0.144. The first-order chi connectivity index (χ1) is 10.7. The molecule has 0 aliphatic carbocycles. The summed E-state index contributed by atoms with van der Waals surface area (Å²) in [5.74, 6) is -0.192. The van der Waals surface area contributed by atoms with Crippen LogP contribution < -0.4 is 0 Å². The number of rotatable bonds is 3. The molecule has 0 amide bonds. The predicted molar refractivity (Wildman–Crippen MR) is 99.7 cm³/mol. The highest BCUT2D eigenvalue weighted by atomic mass is 79.9. The fourth-order valence-electron chi connectivity index (χ4n) is 2.83. The third-order valence-corrected chi connectivity index (χ3v) is 8.91. The van der Waals surface area contributed by atoms with E-state index in [1.54, 1.807) is 11.8 Å². The minimum atomic E-state index is -1.01. The molecule has 2 aliphatic heterocycles. The van der Waals surface area contributed by atoms with Gasteiger partial charge < -0.3 is 4.74 Å². The Kier molecular flexibility index (Phi) is 9.23. The number of thioether (sulfide) groups is 2. The first-order valence-electron chi connectivity index (χ1n) is 8.13. The number of hydrogen-bond donors (Lipinski definition) is 0. The Bertz CT molecular complexity index is 389. The number of hydrogen-bond acceptors (Lipinski definition) is 4. The van der Waals surface area contributed by atoms with Crippen molar-refractivity contribution in [3.63, 3.8) is 0 Å². The molecule has 23 heavy (non-hydrogen) atoms. The maximum absolute atomic E-state index is 13.5. The van der Waals surface area contributed by atoms with Gasteiger partial charge in [0.1, 0.15) is 6.17 Å². The van der Waals surface area contributed by atoms with Gasteiger partial charge in [-0.2, -0.15) is 0 Å². The van der Waals surface area contributed by atoms with E-state index < -0.39 is 23.7 Å². The van der Waals surface area contributed by atoms with Gasteiger partial charge in [0, 0.05) is 29.3 Å². The predicted octanol–water partition coefficient (Wildman–Crippen LogP) is 5.58. The number of carbonyl (C=O) groups is 1. The maximum Gasteiger partial charge on any atom is 0.303 e. The standard InChI is InChI=1S/C9H15FO2S.C7H12BrFS/c1-4-7-5(2)8(10)9(13-7)12-6(3)11;1-3-5-4(2)6(9)7(8)10-5/h5,7-9H,4H2,1-3H3;4-7H,3H2,1-2H3/t5-,7-,8+,9?;4-,5-,6+,7?/m11/s1. The van der Waals surface area contributed by atoms with Crippen LogP contribution in [0.4, 0.5) is 8.78 Å². The van der Waals surface area contributed by atoms with Crippen molar-refractivity contribution in [2.45, 2.75) is 79.9 Å². The van der Waals surface area contributed by atoms with E-state index in [1.807, 2.05) is 20.8 Å². The second-order valence-electron chi connectivity index (χ2n) is 6.10. The van der Waals surface area contributed by atoms with Gasteiger partial charge in [0.25, 0.3) is 0 Å². The van der Waals surface area contributed by atoms with Crippen molar-refractivity contribution >= 4 is 45.4 Å². The van der Waals surface area contributed by atoms with Crippen LogP contribution in [0.2, 0.25) is 0 Å². The Balaban J connectivity index is 0.000000238. The van der Waals surface area contributed by atoms with Crippen LogP contribution in [0.3, 0.4) is 0 Å². The highest BCUT2D eigenvalue weighted by Crippen LogP contribution is 2.44. The summed E-state index contributed by atoms with van der Waals surface area (Å²) in [5, 5.41) is 0.790. The van der Waals surface area contributed by atoms with Crippen molar-refractivity contribution in [2.24, 2.45) is 11.8 Å². The fourth-order valence-corrected chi connectivity index (χ4v) is 6.99. The Morgan fingerprint density at radius 1 is 1.04 bits per heavy atom. The molecule has 2 saturated heterocycles. The molecule has 136 valence electrons. The molecule has 0 N–H and O–H groups in total. The van der Waals surface area contributed by atoms with E-state index in [2.05, 4.69) is 22.9 Å². The van der Waals surface area contributed by atoms with Crippen LogP contribution in [0.1, 0.15) is 47.5 Å². The van der Waals surface area contributed by atoms with E-state index in [4.69, 9.17) is 4.74 Å². The number of ether oxygens (including phenoxy) is 1. The highest BCUT2D eigenvalue weighted by Gasteiger charge is 2.42. The lowest BCUT2D eigenvalue weighted by atomic mass is 10.0. The molecule has 0 radical (unpaired) electrons. The topological polar surface area (TPSA) is 26.3 Å². The summed E-state index contributed by atoms with van der Waals surface area (Å²) in [6.45, 7) is 9.32. The van der Waals surface area contributed by atoms with Crippen molar-refractivity contribution in [1.82, 2.24) is 0 Å². The molecule has 7 heteroatoms. The van der Waals surface area contributed by atoms with Gasteiger partial charge >= 0.3 is 5.97 Å². The molecule has 0 aromatic heterocycles. The molecule has 2 unspecified atom stereocenters. The number of halogens is 3. The Hall–Kier alpha value is 0.510. The average molecular weight is 433 g/mol. The maximum atomic E-state index is 13.5. The first-order valence-corrected chi connectivity index (χ1v) is 10.9. The molecule has 2 aliphatic rings. The summed E-state index contributed by atoms with van der Waals surface area (Å²) in [4.78, 5) is 10.6. The van der Waals surface area contributed by atoms with Crippen LogP contribution in [0.25, 0.3) is 0 Å². The van der Waals surface area contributed by atoms with Crippen LogP contribution >= 0.6 is 39.5 Å². The van der Waals surface area contributed by atoms with Gasteiger partial charge in [-0.05, 0) is 12.8 Å². The van der Waals surface area contributed by atoms with Crippen molar-refractivity contribution in [1.29, 1.82) is 0 Å². The molecular formula is C16H27BrF2O2S2. The van der Waals surface area contributed by atoms with Gasteiger partial charge in [-0.15, -0.1) is 23.5 Å². The molecule has 0 aromatic rings. The Morgan fingerprint density at radius 3 is 1.83 bits per heavy atom. The molecule has 2 nitrogen and oxygen atoms in total. The van der Waals surface area contributed by atoms with E-state index >= 15 is 0 Å². The number of esters is 1. The smallest absolute Gasteiger partial charge is 0.303 e. The van der Waals surface area contributed by atoms with Gasteiger partial charge in [-0.3, -0.25) is 4.79 Å². The number of alkyl halides is 3. The van der Waals surface area contributed by atoms with Gasteiger partial charge in [0.15, 0.2) is 11.6 Å². The normalized spacial score (nSPS) is 43.0. The lowest BCUT2D eigenvalue weighted by Crippen LogP contribution is -2.24. The average Bonchev–Trinajstić information content (AvgIpc) is 2.92. The van der Waals surface area contributed by atoms with Crippen molar-refractivity contribution in [3.8, 4) is 0 Å². The molecule has 0 bridgehead atoms. The summed E-state index contributed by atoms with van der Waals surface area (Å²) in [6, 6.07) is 0. The molecule has 8 atom stereocenters. The third-order valence-electron chi connectivity index (χ3n) is 4.39. The summed E-state index contributed by atoms with van der Waals surface area (Å²) < 4.78 is 31.5. The van der Waals surface area contributed by atoms with Crippen molar-refractivity contribution in [2.75, 3.05) is 0 Å². The zero-order chi connectivity index (χ0) is 17.7. The van der Waals surface area contributed by atoms with E-state index in [1.165, 1.54) is 18.7 Å². The van der Waals surface area contributed by atoms with E-state index in [0.29, 0.717) is 5.25 Å². The highest BCUT2D eigenvalue weighted by molar-refractivity contribution is 9.11. The second kappa shape index (κ2) is 9.85. The van der Waals surface area contributed by atoms with E-state index in [9.17, 15) is 13.6 Å². The van der Waals surface area contributed by atoms with Crippen molar-refractivity contribution in [3.05, 3.63) is 0 Å². The summed E-state index contributed by atoms with van der Waals surface area (Å²) in [7, 11) is 0. The summed E-state index contributed by atoms with van der Waals surface area (Å²) in [5.41, 5.74) is -0.586. The van der Waals surface area contributed by atoms with Crippen LogP contribution in [-0.4, -0.2) is 38.4 Å². The lowest BCUT2D eigenvalue weighted by Gasteiger charge is -2.13. The minimum absolute atomic E-state index is 0.0145. The second-order valence-corrected chi connectivity index (χ2v) is 10.4. The largest absolute Gasteiger partial charge is 0.448 e. The zero-order valence-electron chi connectivity index (χ0n) is 14.3. The van der Waals surface area contributed by atoms with Crippen LogP contribution in [0.5, 0.6) is 0 Å².